The summed E-state index contributed by atoms with van der Waals surface area (Å²) in [6, 6.07) is 9.24. The topological polar surface area (TPSA) is 138 Å². The first kappa shape index (κ1) is 25.5. The highest BCUT2D eigenvalue weighted by molar-refractivity contribution is 8.18. The monoisotopic (exact) mass is 498 g/mol. The number of nitro benzene ring substituents is 1. The van der Waals surface area contributed by atoms with Gasteiger partial charge in [0.2, 0.25) is 0 Å². The minimum absolute atomic E-state index is 0.0274. The fourth-order valence-electron chi connectivity index (χ4n) is 3.14. The number of hydrogen-bond acceptors (Lipinski definition) is 9. The lowest BCUT2D eigenvalue weighted by molar-refractivity contribution is -0.385. The number of esters is 1. The molecule has 0 spiro atoms. The highest BCUT2D eigenvalue weighted by Gasteiger charge is 2.34. The number of ether oxygens (including phenoxy) is 3. The molecule has 0 aromatic heterocycles. The molecule has 1 amide bonds. The molecule has 2 aromatic carbocycles. The number of aliphatic imine (C=N–C) groups is 1. The van der Waals surface area contributed by atoms with Gasteiger partial charge in [-0.15, -0.1) is 0 Å². The molecule has 0 atom stereocenters. The zero-order chi connectivity index (χ0) is 25.7. The summed E-state index contributed by atoms with van der Waals surface area (Å²) in [6.45, 7) is 3.49. The van der Waals surface area contributed by atoms with E-state index in [0.29, 0.717) is 5.56 Å². The van der Waals surface area contributed by atoms with Crippen molar-refractivity contribution in [1.29, 1.82) is 0 Å². The van der Waals surface area contributed by atoms with E-state index in [1.165, 1.54) is 32.4 Å². The van der Waals surface area contributed by atoms with Gasteiger partial charge in [0.1, 0.15) is 16.4 Å². The van der Waals surface area contributed by atoms with Crippen LogP contribution in [0, 0.1) is 17.0 Å². The second-order valence-electron chi connectivity index (χ2n) is 7.17. The normalized spacial score (nSPS) is 15.4. The molecule has 0 saturated carbocycles. The zero-order valence-electron chi connectivity index (χ0n) is 19.4. The van der Waals surface area contributed by atoms with Crippen molar-refractivity contribution in [1.82, 2.24) is 0 Å². The summed E-state index contributed by atoms with van der Waals surface area (Å²) in [5, 5.41) is 22.4. The number of aryl methyl sites for hydroxylation is 1. The molecule has 1 aliphatic rings. The Morgan fingerprint density at radius 2 is 1.77 bits per heavy atom. The summed E-state index contributed by atoms with van der Waals surface area (Å²) in [5.74, 6) is -1.63. The van der Waals surface area contributed by atoms with Crippen LogP contribution in [0.1, 0.15) is 28.4 Å². The fourth-order valence-corrected chi connectivity index (χ4v) is 4.15. The molecule has 35 heavy (non-hydrogen) atoms. The third-order valence-corrected chi connectivity index (χ3v) is 5.91. The Balaban J connectivity index is 2.12. The first-order valence-corrected chi connectivity index (χ1v) is 11.1. The first-order valence-electron chi connectivity index (χ1n) is 10.3. The van der Waals surface area contributed by atoms with Gasteiger partial charge in [0, 0.05) is 5.56 Å². The highest BCUT2D eigenvalue weighted by Crippen LogP contribution is 2.42. The number of nitrogens with zero attached hydrogens (tertiary/aromatic N) is 2. The fraction of sp³-hybridized carbons (Fsp3) is 0.208. The van der Waals surface area contributed by atoms with Gasteiger partial charge in [0.25, 0.3) is 11.6 Å². The number of methoxy groups -OCH3 is 2. The maximum atomic E-state index is 12.7. The molecule has 1 aliphatic heterocycles. The number of nitro groups is 1. The van der Waals surface area contributed by atoms with Gasteiger partial charge in [0.15, 0.2) is 11.5 Å². The van der Waals surface area contributed by atoms with E-state index in [1.54, 1.807) is 31.2 Å². The van der Waals surface area contributed by atoms with Gasteiger partial charge < -0.3 is 19.3 Å². The molecule has 1 heterocycles. The van der Waals surface area contributed by atoms with Crippen LogP contribution in [-0.4, -0.2) is 47.8 Å². The van der Waals surface area contributed by atoms with Gasteiger partial charge in [-0.25, -0.2) is 9.79 Å². The summed E-state index contributed by atoms with van der Waals surface area (Å²) >= 11 is 0.817. The maximum Gasteiger partial charge on any atom is 0.344 e. The number of carbonyl (C=O) groups is 2. The van der Waals surface area contributed by atoms with Gasteiger partial charge in [-0.1, -0.05) is 29.5 Å². The van der Waals surface area contributed by atoms with E-state index in [0.717, 1.165) is 17.3 Å². The largest absolute Gasteiger partial charge is 0.506 e. The van der Waals surface area contributed by atoms with Crippen LogP contribution >= 0.6 is 11.8 Å². The number of carbonyl (C=O) groups excluding carboxylic acids is 2. The molecule has 1 N–H and O–H groups in total. The Morgan fingerprint density at radius 1 is 1.14 bits per heavy atom. The van der Waals surface area contributed by atoms with E-state index >= 15 is 0 Å². The first-order chi connectivity index (χ1) is 16.7. The molecule has 0 unspecified atom stereocenters. The van der Waals surface area contributed by atoms with Crippen molar-refractivity contribution in [3.63, 3.8) is 0 Å². The van der Waals surface area contributed by atoms with E-state index in [2.05, 4.69) is 4.99 Å². The minimum Gasteiger partial charge on any atom is -0.506 e. The molecule has 2 aromatic rings. The molecule has 0 radical (unpaired) electrons. The summed E-state index contributed by atoms with van der Waals surface area (Å²) in [5.41, 5.74) is 0.709. The van der Waals surface area contributed by atoms with Gasteiger partial charge in [0.05, 0.1) is 42.3 Å². The zero-order valence-corrected chi connectivity index (χ0v) is 20.2. The number of thioether (sulfide) groups is 1. The average molecular weight is 499 g/mol. The Hall–Kier alpha value is -4.12. The molecule has 0 bridgehead atoms. The molecule has 3 rings (SSSR count). The van der Waals surface area contributed by atoms with Crippen LogP contribution < -0.4 is 9.47 Å². The Labute approximate surface area is 205 Å². The van der Waals surface area contributed by atoms with E-state index in [4.69, 9.17) is 14.2 Å². The molecular weight excluding hydrogens is 476 g/mol. The lowest BCUT2D eigenvalue weighted by Crippen LogP contribution is -2.14. The molecule has 0 aliphatic carbocycles. The number of benzene rings is 2. The van der Waals surface area contributed by atoms with Crippen molar-refractivity contribution < 1.29 is 33.8 Å². The van der Waals surface area contributed by atoms with Gasteiger partial charge in [-0.05, 0) is 38.1 Å². The van der Waals surface area contributed by atoms with Crippen LogP contribution in [0.25, 0.3) is 6.08 Å². The third kappa shape index (κ3) is 5.52. The van der Waals surface area contributed by atoms with Crippen LogP contribution in [0.5, 0.6) is 11.5 Å². The Bertz CT molecular complexity index is 1280. The summed E-state index contributed by atoms with van der Waals surface area (Å²) in [4.78, 5) is 40.4. The summed E-state index contributed by atoms with van der Waals surface area (Å²) in [6.07, 6.45) is 1.30. The van der Waals surface area contributed by atoms with Crippen molar-refractivity contribution in [3.05, 3.63) is 79.4 Å². The second-order valence-corrected chi connectivity index (χ2v) is 8.20. The van der Waals surface area contributed by atoms with Gasteiger partial charge in [-0.3, -0.25) is 14.9 Å². The van der Waals surface area contributed by atoms with Crippen molar-refractivity contribution in [2.24, 2.45) is 4.99 Å². The molecule has 10 nitrogen and oxygen atoms in total. The van der Waals surface area contributed by atoms with E-state index < -0.39 is 22.6 Å². The van der Waals surface area contributed by atoms with Crippen LogP contribution in [0.4, 0.5) is 5.69 Å². The third-order valence-electron chi connectivity index (χ3n) is 4.89. The average Bonchev–Trinajstić information content (AvgIpc) is 3.13. The highest BCUT2D eigenvalue weighted by atomic mass is 32.2. The Kier molecular flexibility index (Phi) is 7.92. The van der Waals surface area contributed by atoms with Crippen molar-refractivity contribution in [3.8, 4) is 11.5 Å². The number of amides is 1. The van der Waals surface area contributed by atoms with Crippen LogP contribution in [0.15, 0.2) is 57.6 Å². The van der Waals surface area contributed by atoms with E-state index in [9.17, 15) is 24.8 Å². The maximum absolute atomic E-state index is 12.7. The van der Waals surface area contributed by atoms with Gasteiger partial charge in [-0.2, -0.15) is 0 Å². The SMILES string of the molecule is CCOC(=O)C1=C(O)/C(=C/c2cc(OC)c(OC)cc2[N+](=O)[O-])SC1=NC(=O)c1ccc(C)cc1. The molecule has 11 heteroatoms. The summed E-state index contributed by atoms with van der Waals surface area (Å²) in [7, 11) is 2.73. The quantitative estimate of drug-likeness (QED) is 0.329. The lowest BCUT2D eigenvalue weighted by Gasteiger charge is -2.09. The van der Waals surface area contributed by atoms with Crippen molar-refractivity contribution in [2.45, 2.75) is 13.8 Å². The minimum atomic E-state index is -0.877. The predicted molar refractivity (Wildman–Crippen MR) is 131 cm³/mol. The second kappa shape index (κ2) is 10.9. The predicted octanol–water partition coefficient (Wildman–Crippen LogP) is 4.62. The standard InChI is InChI=1S/C24H22N2O8S/c1-5-34-24(29)20-21(27)19(35-23(20)25-22(28)14-8-6-13(2)7-9-14)11-15-10-17(32-3)18(33-4)12-16(15)26(30)31/h6-12,27H,5H2,1-4H3/b19-11-,25-23?. The lowest BCUT2D eigenvalue weighted by atomic mass is 10.1. The molecular formula is C24H22N2O8S. The molecule has 0 fully saturated rings. The molecule has 0 saturated heterocycles. The number of aliphatic hydroxyl groups excluding tert-OH is 1. The van der Waals surface area contributed by atoms with Gasteiger partial charge >= 0.3 is 5.97 Å². The number of aliphatic hydroxyl groups is 1. The van der Waals surface area contributed by atoms with Crippen LogP contribution in [-0.2, 0) is 9.53 Å². The summed E-state index contributed by atoms with van der Waals surface area (Å²) < 4.78 is 15.4. The van der Waals surface area contributed by atoms with Crippen molar-refractivity contribution in [2.75, 3.05) is 20.8 Å². The smallest absolute Gasteiger partial charge is 0.344 e. The van der Waals surface area contributed by atoms with Crippen LogP contribution in [0.3, 0.4) is 0 Å². The van der Waals surface area contributed by atoms with E-state index in [1.807, 2.05) is 6.92 Å². The molecule has 182 valence electrons. The Morgan fingerprint density at radius 3 is 2.34 bits per heavy atom. The number of hydrogen-bond donors (Lipinski definition) is 1. The van der Waals surface area contributed by atoms with Crippen LogP contribution in [0.2, 0.25) is 0 Å². The van der Waals surface area contributed by atoms with E-state index in [-0.39, 0.29) is 44.9 Å². The van der Waals surface area contributed by atoms with Crippen molar-refractivity contribution >= 4 is 40.4 Å². The number of rotatable bonds is 7.